The maximum Gasteiger partial charge on any atom is 0.179 e. The van der Waals surface area contributed by atoms with E-state index in [1.807, 2.05) is 25.1 Å². The van der Waals surface area contributed by atoms with Crippen LogP contribution in [0.4, 0.5) is 5.69 Å². The first-order valence-electron chi connectivity index (χ1n) is 7.51. The van der Waals surface area contributed by atoms with Gasteiger partial charge in [-0.2, -0.15) is 0 Å². The number of fused-ring (bicyclic) bond motifs is 1. The maximum absolute atomic E-state index is 12.4. The van der Waals surface area contributed by atoms with E-state index >= 15 is 0 Å². The molecule has 1 atom stereocenters. The normalized spacial score (nSPS) is 15.0. The number of ether oxygens (including phenoxy) is 1. The molecule has 0 amide bonds. The van der Waals surface area contributed by atoms with Gasteiger partial charge in [0.1, 0.15) is 12.4 Å². The number of carbonyl (C=O) groups is 1. The Morgan fingerprint density at radius 2 is 2.29 bits per heavy atom. The molecule has 1 unspecified atom stereocenters. The number of anilines is 1. The summed E-state index contributed by atoms with van der Waals surface area (Å²) in [5, 5.41) is 6.55. The summed E-state index contributed by atoms with van der Waals surface area (Å²) in [5.41, 5.74) is 1.63. The second-order valence-electron chi connectivity index (χ2n) is 5.68. The molecular weight excluding hydrogens is 266 g/mol. The fourth-order valence-corrected chi connectivity index (χ4v) is 2.35. The van der Waals surface area contributed by atoms with Crippen LogP contribution in [0.3, 0.4) is 0 Å². The Bertz CT molecular complexity index is 488. The van der Waals surface area contributed by atoms with E-state index in [0.717, 1.165) is 43.1 Å². The monoisotopic (exact) mass is 291 g/mol. The third-order valence-corrected chi connectivity index (χ3v) is 3.57. The van der Waals surface area contributed by atoms with Crippen molar-refractivity contribution in [3.8, 4) is 5.75 Å². The molecule has 0 bridgehead atoms. The van der Waals surface area contributed by atoms with Crippen LogP contribution in [0.2, 0.25) is 0 Å². The molecule has 0 fully saturated rings. The lowest BCUT2D eigenvalue weighted by Gasteiger charge is -2.20. The average molecular weight is 291 g/mol. The number of Topliss-reactive ketones (excluding diaryl/α,β-unsaturated/α-hetero) is 1. The first kappa shape index (κ1) is 15.8. The zero-order chi connectivity index (χ0) is 15.2. The second-order valence-corrected chi connectivity index (χ2v) is 5.68. The van der Waals surface area contributed by atoms with Crippen molar-refractivity contribution in [2.75, 3.05) is 45.7 Å². The van der Waals surface area contributed by atoms with Gasteiger partial charge in [0.2, 0.25) is 0 Å². The number of ketones is 1. The van der Waals surface area contributed by atoms with E-state index in [9.17, 15) is 4.79 Å². The smallest absolute Gasteiger partial charge is 0.179 e. The van der Waals surface area contributed by atoms with E-state index in [-0.39, 0.29) is 11.8 Å². The molecule has 1 aliphatic rings. The van der Waals surface area contributed by atoms with Gasteiger partial charge in [-0.3, -0.25) is 4.79 Å². The maximum atomic E-state index is 12.4. The minimum Gasteiger partial charge on any atom is -0.490 e. The minimum absolute atomic E-state index is 0.120. The molecule has 1 aliphatic heterocycles. The summed E-state index contributed by atoms with van der Waals surface area (Å²) in [6, 6.07) is 5.42. The van der Waals surface area contributed by atoms with Crippen molar-refractivity contribution < 1.29 is 9.53 Å². The molecule has 0 radical (unpaired) electrons. The van der Waals surface area contributed by atoms with Gasteiger partial charge >= 0.3 is 0 Å². The van der Waals surface area contributed by atoms with Crippen LogP contribution in [0.25, 0.3) is 0 Å². The van der Waals surface area contributed by atoms with Crippen molar-refractivity contribution in [2.45, 2.75) is 19.4 Å². The zero-order valence-corrected chi connectivity index (χ0v) is 13.1. The predicted octanol–water partition coefficient (Wildman–Crippen LogP) is 1.60. The Balaban J connectivity index is 1.90. The molecule has 5 heteroatoms. The number of rotatable bonds is 7. The Kier molecular flexibility index (Phi) is 5.59. The summed E-state index contributed by atoms with van der Waals surface area (Å²) in [4.78, 5) is 14.6. The highest BCUT2D eigenvalue weighted by atomic mass is 16.5. The molecule has 21 heavy (non-hydrogen) atoms. The van der Waals surface area contributed by atoms with E-state index in [0.29, 0.717) is 6.61 Å². The Hall–Kier alpha value is -1.59. The second kappa shape index (κ2) is 7.43. The van der Waals surface area contributed by atoms with Gasteiger partial charge in [-0.25, -0.2) is 0 Å². The molecular formula is C16H25N3O2. The molecule has 0 saturated carbocycles. The van der Waals surface area contributed by atoms with Gasteiger partial charge in [-0.1, -0.05) is 0 Å². The minimum atomic E-state index is -0.172. The third kappa shape index (κ3) is 4.44. The lowest BCUT2D eigenvalue weighted by molar-refractivity contribution is 0.0950. The van der Waals surface area contributed by atoms with Gasteiger partial charge in [-0.05, 0) is 58.7 Å². The average Bonchev–Trinajstić information content (AvgIpc) is 2.50. The summed E-state index contributed by atoms with van der Waals surface area (Å²) in [7, 11) is 4.10. The van der Waals surface area contributed by atoms with Gasteiger partial charge in [-0.15, -0.1) is 0 Å². The van der Waals surface area contributed by atoms with Gasteiger partial charge in [0.05, 0.1) is 11.7 Å². The van der Waals surface area contributed by atoms with Gasteiger partial charge in [0.15, 0.2) is 5.78 Å². The number of nitrogens with zero attached hydrogens (tertiary/aromatic N) is 1. The highest BCUT2D eigenvalue weighted by Gasteiger charge is 2.17. The van der Waals surface area contributed by atoms with E-state index < -0.39 is 0 Å². The van der Waals surface area contributed by atoms with Crippen molar-refractivity contribution in [1.29, 1.82) is 0 Å². The van der Waals surface area contributed by atoms with Crippen LogP contribution in [0.15, 0.2) is 18.2 Å². The Labute approximate surface area is 126 Å². The van der Waals surface area contributed by atoms with Crippen LogP contribution in [0.5, 0.6) is 5.75 Å². The molecule has 1 aromatic carbocycles. The molecule has 116 valence electrons. The Morgan fingerprint density at radius 1 is 1.48 bits per heavy atom. The van der Waals surface area contributed by atoms with Crippen LogP contribution >= 0.6 is 0 Å². The quantitative estimate of drug-likeness (QED) is 0.590. The van der Waals surface area contributed by atoms with E-state index in [1.54, 1.807) is 0 Å². The fraction of sp³-hybridized carbons (Fsp3) is 0.562. The van der Waals surface area contributed by atoms with Crippen molar-refractivity contribution in [3.63, 3.8) is 0 Å². The van der Waals surface area contributed by atoms with Crippen molar-refractivity contribution in [2.24, 2.45) is 0 Å². The van der Waals surface area contributed by atoms with Crippen molar-refractivity contribution in [1.82, 2.24) is 10.2 Å². The summed E-state index contributed by atoms with van der Waals surface area (Å²) in [5.74, 6) is 0.944. The molecule has 5 nitrogen and oxygen atoms in total. The number of benzene rings is 1. The fourth-order valence-electron chi connectivity index (χ4n) is 2.35. The summed E-state index contributed by atoms with van der Waals surface area (Å²) in [6.45, 7) is 5.24. The van der Waals surface area contributed by atoms with Crippen LogP contribution in [0, 0.1) is 0 Å². The van der Waals surface area contributed by atoms with Gasteiger partial charge in [0, 0.05) is 12.1 Å². The topological polar surface area (TPSA) is 53.6 Å². The van der Waals surface area contributed by atoms with Crippen LogP contribution < -0.4 is 15.4 Å². The number of hydrogen-bond acceptors (Lipinski definition) is 5. The van der Waals surface area contributed by atoms with Gasteiger partial charge in [0.25, 0.3) is 0 Å². The highest BCUT2D eigenvalue weighted by Crippen LogP contribution is 2.28. The van der Waals surface area contributed by atoms with Crippen molar-refractivity contribution >= 4 is 11.5 Å². The summed E-state index contributed by atoms with van der Waals surface area (Å²) >= 11 is 0. The molecule has 0 aliphatic carbocycles. The molecule has 2 N–H and O–H groups in total. The molecule has 0 aromatic heterocycles. The molecule has 1 aromatic rings. The predicted molar refractivity (Wildman–Crippen MR) is 85.4 cm³/mol. The first-order valence-corrected chi connectivity index (χ1v) is 7.51. The third-order valence-electron chi connectivity index (χ3n) is 3.57. The largest absolute Gasteiger partial charge is 0.490 e. The summed E-state index contributed by atoms with van der Waals surface area (Å²) in [6.07, 6.45) is 1.03. The number of hydrogen-bond donors (Lipinski definition) is 2. The SMILES string of the molecule is CC(NCCCN(C)C)C(=O)c1ccc2c(c1)NCCO2. The molecule has 2 rings (SSSR count). The van der Waals surface area contributed by atoms with Crippen LogP contribution in [0.1, 0.15) is 23.7 Å². The van der Waals surface area contributed by atoms with Crippen molar-refractivity contribution in [3.05, 3.63) is 23.8 Å². The Morgan fingerprint density at radius 3 is 3.05 bits per heavy atom. The van der Waals surface area contributed by atoms with Crippen LogP contribution in [-0.2, 0) is 0 Å². The molecule has 0 spiro atoms. The standard InChI is InChI=1S/C16H25N3O2/c1-12(17-7-4-9-19(2)3)16(20)13-5-6-15-14(11-13)18-8-10-21-15/h5-6,11-12,17-18H,4,7-10H2,1-3H3. The highest BCUT2D eigenvalue weighted by molar-refractivity contribution is 6.01. The van der Waals surface area contributed by atoms with Crippen LogP contribution in [-0.4, -0.2) is 57.1 Å². The van der Waals surface area contributed by atoms with Gasteiger partial charge < -0.3 is 20.3 Å². The van der Waals surface area contributed by atoms with E-state index in [4.69, 9.17) is 4.74 Å². The molecule has 0 saturated heterocycles. The summed E-state index contributed by atoms with van der Waals surface area (Å²) < 4.78 is 5.53. The zero-order valence-electron chi connectivity index (χ0n) is 13.1. The first-order chi connectivity index (χ1) is 10.1. The lowest BCUT2D eigenvalue weighted by atomic mass is 10.0. The van der Waals surface area contributed by atoms with E-state index in [1.165, 1.54) is 0 Å². The number of nitrogens with one attached hydrogen (secondary N) is 2. The van der Waals surface area contributed by atoms with E-state index in [2.05, 4.69) is 29.6 Å². The molecule has 1 heterocycles. The lowest BCUT2D eigenvalue weighted by Crippen LogP contribution is -2.35. The number of carbonyl (C=O) groups excluding carboxylic acids is 1.